The minimum Gasteiger partial charge on any atom is -0.508 e. The maximum absolute atomic E-state index is 12.7. The molecule has 1 aromatic carbocycles. The molecule has 0 fully saturated rings. The number of amides is 1. The molecule has 0 spiro atoms. The van der Waals surface area contributed by atoms with Crippen LogP contribution < -0.4 is 0 Å². The minimum atomic E-state index is -0.0198. The van der Waals surface area contributed by atoms with E-state index >= 15 is 0 Å². The Morgan fingerprint density at radius 3 is 2.91 bits per heavy atom. The number of carbonyl (C=O) groups is 1. The van der Waals surface area contributed by atoms with Gasteiger partial charge in [0, 0.05) is 12.1 Å². The van der Waals surface area contributed by atoms with Crippen molar-refractivity contribution in [3.8, 4) is 17.0 Å². The van der Waals surface area contributed by atoms with E-state index in [1.54, 1.807) is 30.3 Å². The van der Waals surface area contributed by atoms with Crippen molar-refractivity contribution < 1.29 is 9.90 Å². The van der Waals surface area contributed by atoms with Gasteiger partial charge in [0.25, 0.3) is 5.91 Å². The molecule has 1 aliphatic heterocycles. The van der Waals surface area contributed by atoms with Crippen molar-refractivity contribution in [1.82, 2.24) is 15.1 Å². The van der Waals surface area contributed by atoms with E-state index in [1.165, 1.54) is 0 Å². The van der Waals surface area contributed by atoms with Crippen LogP contribution in [0.25, 0.3) is 11.3 Å². The smallest absolute Gasteiger partial charge is 0.272 e. The number of aromatic amines is 1. The number of unbranched alkanes of at least 4 members (excludes halogenated alkanes) is 1. The van der Waals surface area contributed by atoms with Crippen molar-refractivity contribution in [1.29, 1.82) is 0 Å². The zero-order chi connectivity index (χ0) is 16.2. The molecular weight excluding hydrogens is 290 g/mol. The summed E-state index contributed by atoms with van der Waals surface area (Å²) in [7, 11) is 0. The average molecular weight is 311 g/mol. The van der Waals surface area contributed by atoms with Crippen LogP contribution >= 0.6 is 0 Å². The van der Waals surface area contributed by atoms with Crippen LogP contribution in [0.2, 0.25) is 0 Å². The van der Waals surface area contributed by atoms with Crippen molar-refractivity contribution in [2.45, 2.75) is 32.2 Å². The highest BCUT2D eigenvalue weighted by Crippen LogP contribution is 2.23. The van der Waals surface area contributed by atoms with Crippen molar-refractivity contribution in [2.75, 3.05) is 6.54 Å². The third-order valence-corrected chi connectivity index (χ3v) is 4.15. The Kier molecular flexibility index (Phi) is 4.46. The molecule has 1 aromatic heterocycles. The molecule has 1 amide bonds. The molecule has 0 bridgehead atoms. The van der Waals surface area contributed by atoms with Crippen LogP contribution in [0.5, 0.6) is 5.75 Å². The van der Waals surface area contributed by atoms with Gasteiger partial charge in [-0.25, -0.2) is 0 Å². The molecule has 2 N–H and O–H groups in total. The van der Waals surface area contributed by atoms with E-state index in [1.807, 2.05) is 4.90 Å². The monoisotopic (exact) mass is 311 g/mol. The number of phenolic OH excluding ortho intramolecular Hbond substituents is 1. The highest BCUT2D eigenvalue weighted by Gasteiger charge is 2.26. The molecule has 0 saturated heterocycles. The number of aromatic hydroxyl groups is 1. The molecule has 0 aliphatic carbocycles. The zero-order valence-electron chi connectivity index (χ0n) is 13.2. The average Bonchev–Trinajstić information content (AvgIpc) is 3.22. The number of phenols is 1. The van der Waals surface area contributed by atoms with Gasteiger partial charge in [-0.05, 0) is 36.8 Å². The van der Waals surface area contributed by atoms with E-state index < -0.39 is 0 Å². The van der Waals surface area contributed by atoms with Crippen LogP contribution in [0.1, 0.15) is 36.7 Å². The van der Waals surface area contributed by atoms with Gasteiger partial charge in [0.2, 0.25) is 0 Å². The lowest BCUT2D eigenvalue weighted by Gasteiger charge is -2.23. The summed E-state index contributed by atoms with van der Waals surface area (Å²) >= 11 is 0. The van der Waals surface area contributed by atoms with E-state index in [0.717, 1.165) is 24.8 Å². The number of aromatic nitrogens is 2. The fourth-order valence-electron chi connectivity index (χ4n) is 2.84. The molecule has 2 aromatic rings. The predicted molar refractivity (Wildman–Crippen MR) is 89.2 cm³/mol. The van der Waals surface area contributed by atoms with Gasteiger partial charge in [-0.15, -0.1) is 0 Å². The Morgan fingerprint density at radius 2 is 2.17 bits per heavy atom. The van der Waals surface area contributed by atoms with E-state index in [9.17, 15) is 9.90 Å². The third kappa shape index (κ3) is 3.28. The number of hydrogen-bond acceptors (Lipinski definition) is 3. The maximum Gasteiger partial charge on any atom is 0.272 e. The first kappa shape index (κ1) is 15.3. The first-order valence-corrected chi connectivity index (χ1v) is 8.01. The standard InChI is InChI=1S/C18H21N3O2/c1-2-3-5-14-6-4-11-21(14)18(23)17-12-16(19-20-17)13-7-9-15(22)10-8-13/h4,6-10,12,14,22H,2-3,5,11H2,1H3,(H,19,20)/t14-/m0/s1. The number of rotatable bonds is 5. The predicted octanol–water partition coefficient (Wildman–Crippen LogP) is 3.35. The van der Waals surface area contributed by atoms with E-state index in [0.29, 0.717) is 17.9 Å². The Labute approximate surface area is 135 Å². The molecule has 0 unspecified atom stereocenters. The molecule has 0 saturated carbocycles. The number of benzene rings is 1. The second-order valence-electron chi connectivity index (χ2n) is 5.81. The molecule has 2 heterocycles. The first-order valence-electron chi connectivity index (χ1n) is 8.01. The van der Waals surface area contributed by atoms with Gasteiger partial charge in [-0.3, -0.25) is 9.89 Å². The van der Waals surface area contributed by atoms with Crippen molar-refractivity contribution in [2.24, 2.45) is 0 Å². The summed E-state index contributed by atoms with van der Waals surface area (Å²) in [6, 6.07) is 8.72. The fourth-order valence-corrected chi connectivity index (χ4v) is 2.84. The lowest BCUT2D eigenvalue weighted by molar-refractivity contribution is 0.0737. The van der Waals surface area contributed by atoms with Gasteiger partial charge in [0.05, 0.1) is 11.7 Å². The van der Waals surface area contributed by atoms with Crippen molar-refractivity contribution >= 4 is 5.91 Å². The number of hydrogen-bond donors (Lipinski definition) is 2. The first-order chi connectivity index (χ1) is 11.2. The third-order valence-electron chi connectivity index (χ3n) is 4.15. The summed E-state index contributed by atoms with van der Waals surface area (Å²) < 4.78 is 0. The molecular formula is C18H21N3O2. The van der Waals surface area contributed by atoms with Gasteiger partial charge >= 0.3 is 0 Å². The number of nitrogens with zero attached hydrogens (tertiary/aromatic N) is 2. The summed E-state index contributed by atoms with van der Waals surface area (Å²) in [6.45, 7) is 2.81. The lowest BCUT2D eigenvalue weighted by Crippen LogP contribution is -2.36. The number of nitrogens with one attached hydrogen (secondary N) is 1. The van der Waals surface area contributed by atoms with Crippen LogP contribution in [0.3, 0.4) is 0 Å². The van der Waals surface area contributed by atoms with Crippen LogP contribution in [0, 0.1) is 0 Å². The van der Waals surface area contributed by atoms with Gasteiger partial charge in [0.15, 0.2) is 0 Å². The normalized spacial score (nSPS) is 16.9. The Bertz CT molecular complexity index is 703. The van der Waals surface area contributed by atoms with Crippen molar-refractivity contribution in [3.63, 3.8) is 0 Å². The Hall–Kier alpha value is -2.56. The molecule has 3 rings (SSSR count). The second-order valence-corrected chi connectivity index (χ2v) is 5.81. The van der Waals surface area contributed by atoms with E-state index in [2.05, 4.69) is 29.3 Å². The van der Waals surface area contributed by atoms with Gasteiger partial charge in [0.1, 0.15) is 11.4 Å². The van der Waals surface area contributed by atoms with Crippen molar-refractivity contribution in [3.05, 3.63) is 48.2 Å². The number of H-pyrrole nitrogens is 1. The topological polar surface area (TPSA) is 69.2 Å². The summed E-state index contributed by atoms with van der Waals surface area (Å²) in [5, 5.41) is 16.4. The van der Waals surface area contributed by atoms with Gasteiger partial charge in [-0.2, -0.15) is 5.10 Å². The highest BCUT2D eigenvalue weighted by atomic mass is 16.3. The molecule has 5 nitrogen and oxygen atoms in total. The van der Waals surface area contributed by atoms with Crippen LogP contribution in [-0.4, -0.2) is 38.7 Å². The second kappa shape index (κ2) is 6.69. The van der Waals surface area contributed by atoms with Gasteiger partial charge in [-0.1, -0.05) is 31.9 Å². The highest BCUT2D eigenvalue weighted by molar-refractivity contribution is 5.94. The summed E-state index contributed by atoms with van der Waals surface area (Å²) in [6.07, 6.45) is 7.40. The van der Waals surface area contributed by atoms with E-state index in [-0.39, 0.29) is 17.7 Å². The summed E-state index contributed by atoms with van der Waals surface area (Å²) in [5.74, 6) is 0.191. The SMILES string of the molecule is CCCC[C@H]1C=CCN1C(=O)c1cc(-c2ccc(O)cc2)n[nH]1. The summed E-state index contributed by atoms with van der Waals surface area (Å²) in [5.41, 5.74) is 2.06. The maximum atomic E-state index is 12.7. The Balaban J connectivity index is 1.74. The molecule has 1 atom stereocenters. The summed E-state index contributed by atoms with van der Waals surface area (Å²) in [4.78, 5) is 14.6. The van der Waals surface area contributed by atoms with Gasteiger partial charge < -0.3 is 10.0 Å². The minimum absolute atomic E-state index is 0.0198. The molecule has 0 radical (unpaired) electrons. The molecule has 120 valence electrons. The van der Waals surface area contributed by atoms with Crippen LogP contribution in [-0.2, 0) is 0 Å². The lowest BCUT2D eigenvalue weighted by atomic mass is 10.1. The molecule has 5 heteroatoms. The largest absolute Gasteiger partial charge is 0.508 e. The van der Waals surface area contributed by atoms with E-state index in [4.69, 9.17) is 0 Å². The zero-order valence-corrected chi connectivity index (χ0v) is 13.2. The fraction of sp³-hybridized carbons (Fsp3) is 0.333. The molecule has 1 aliphatic rings. The van der Waals surface area contributed by atoms with Crippen LogP contribution in [0.15, 0.2) is 42.5 Å². The van der Waals surface area contributed by atoms with Crippen LogP contribution in [0.4, 0.5) is 0 Å². The Morgan fingerprint density at radius 1 is 1.39 bits per heavy atom. The quantitative estimate of drug-likeness (QED) is 0.832. The number of carbonyl (C=O) groups excluding carboxylic acids is 1. The molecule has 23 heavy (non-hydrogen) atoms.